The van der Waals surface area contributed by atoms with E-state index < -0.39 is 5.92 Å². The predicted octanol–water partition coefficient (Wildman–Crippen LogP) is 3.85. The molecule has 5 heteroatoms. The first-order chi connectivity index (χ1) is 10.7. The number of nitrogens with zero attached hydrogens (tertiary/aromatic N) is 1. The number of furan rings is 1. The number of hydrogen-bond donors (Lipinski definition) is 0. The van der Waals surface area contributed by atoms with Gasteiger partial charge in [0.05, 0.1) is 7.11 Å². The van der Waals surface area contributed by atoms with Crippen LogP contribution in [0.5, 0.6) is 5.95 Å². The molecule has 1 heterocycles. The minimum absolute atomic E-state index is 0.227. The zero-order chi connectivity index (χ0) is 15.5. The number of rotatable bonds is 5. The molecule has 0 saturated carbocycles. The predicted molar refractivity (Wildman–Crippen MR) is 82.9 cm³/mol. The van der Waals surface area contributed by atoms with Gasteiger partial charge in [-0.15, -0.1) is 0 Å². The van der Waals surface area contributed by atoms with Crippen molar-refractivity contribution in [2.75, 3.05) is 13.7 Å². The van der Waals surface area contributed by atoms with Crippen molar-refractivity contribution in [3.05, 3.63) is 76.0 Å². The van der Waals surface area contributed by atoms with Crippen LogP contribution in [0.4, 0.5) is 0 Å². The Balaban J connectivity index is 2.04. The van der Waals surface area contributed by atoms with Crippen molar-refractivity contribution in [2.24, 2.45) is 0 Å². The van der Waals surface area contributed by atoms with Gasteiger partial charge in [0.25, 0.3) is 5.95 Å². The maximum absolute atomic E-state index is 11.0. The molecule has 3 aromatic rings. The van der Waals surface area contributed by atoms with Crippen LogP contribution in [0, 0.1) is 10.1 Å². The molecule has 3 rings (SSSR count). The highest BCUT2D eigenvalue weighted by molar-refractivity contribution is 5.83. The Hall–Kier alpha value is -2.82. The molecule has 1 atom stereocenters. The third-order valence-corrected chi connectivity index (χ3v) is 3.65. The van der Waals surface area contributed by atoms with Crippen molar-refractivity contribution in [3.8, 4) is 5.95 Å². The quantitative estimate of drug-likeness (QED) is 0.530. The molecule has 0 radical (unpaired) electrons. The molecule has 0 saturated heterocycles. The van der Waals surface area contributed by atoms with E-state index in [9.17, 15) is 10.1 Å². The van der Waals surface area contributed by atoms with Crippen molar-refractivity contribution < 1.29 is 14.1 Å². The summed E-state index contributed by atoms with van der Waals surface area (Å²) in [5, 5.41) is 13.2. The van der Waals surface area contributed by atoms with Gasteiger partial charge in [-0.05, 0) is 22.4 Å². The summed E-state index contributed by atoms with van der Waals surface area (Å²) < 4.78 is 10.6. The zero-order valence-electron chi connectivity index (χ0n) is 12.1. The van der Waals surface area contributed by atoms with Gasteiger partial charge in [0.15, 0.2) is 0 Å². The molecule has 2 aromatic carbocycles. The molecule has 0 aliphatic rings. The summed E-state index contributed by atoms with van der Waals surface area (Å²) in [6.45, 7) is -0.227. The largest absolute Gasteiger partial charge is 0.468 e. The zero-order valence-corrected chi connectivity index (χ0v) is 12.1. The Morgan fingerprint density at radius 1 is 1.14 bits per heavy atom. The first-order valence-corrected chi connectivity index (χ1v) is 6.91. The summed E-state index contributed by atoms with van der Waals surface area (Å²) in [7, 11) is 1.50. The van der Waals surface area contributed by atoms with Gasteiger partial charge < -0.3 is 9.15 Å². The number of fused-ring (bicyclic) bond motifs is 1. The summed E-state index contributed by atoms with van der Waals surface area (Å²) in [4.78, 5) is 10.7. The second kappa shape index (κ2) is 5.89. The van der Waals surface area contributed by atoms with Gasteiger partial charge in [-0.2, -0.15) is 0 Å². The van der Waals surface area contributed by atoms with Gasteiger partial charge in [-0.3, -0.25) is 10.1 Å². The molecule has 5 nitrogen and oxygen atoms in total. The number of nitro groups is 1. The number of methoxy groups -OCH3 is 1. The van der Waals surface area contributed by atoms with Crippen LogP contribution in [-0.4, -0.2) is 18.6 Å². The van der Waals surface area contributed by atoms with Crippen LogP contribution in [-0.2, 0) is 0 Å². The highest BCUT2D eigenvalue weighted by Crippen LogP contribution is 2.31. The van der Waals surface area contributed by atoms with E-state index in [1.165, 1.54) is 7.11 Å². The lowest BCUT2D eigenvalue weighted by Gasteiger charge is -2.12. The summed E-state index contributed by atoms with van der Waals surface area (Å²) in [5.74, 6) is 0.441. The molecule has 0 N–H and O–H groups in total. The summed E-state index contributed by atoms with van der Waals surface area (Å²) in [6.07, 6.45) is 0. The van der Waals surface area contributed by atoms with Gasteiger partial charge >= 0.3 is 0 Å². The van der Waals surface area contributed by atoms with Crippen molar-refractivity contribution in [1.82, 2.24) is 0 Å². The standard InChI is InChI=1S/C17H15NO4/c1-21-17-9-8-16(22-17)15(11-18(19)20)14-7-6-12-4-2-3-5-13(12)10-14/h2-10,15H,11H2,1H3/t15-/m1/s1. The van der Waals surface area contributed by atoms with Crippen molar-refractivity contribution in [3.63, 3.8) is 0 Å². The molecule has 0 fully saturated rings. The van der Waals surface area contributed by atoms with Crippen LogP contribution < -0.4 is 4.74 Å². The van der Waals surface area contributed by atoms with E-state index in [2.05, 4.69) is 0 Å². The molecule has 22 heavy (non-hydrogen) atoms. The molecule has 112 valence electrons. The third-order valence-electron chi connectivity index (χ3n) is 3.65. The lowest BCUT2D eigenvalue weighted by atomic mass is 9.94. The average Bonchev–Trinajstić information content (AvgIpc) is 3.01. The van der Waals surface area contributed by atoms with Crippen LogP contribution in [0.2, 0.25) is 0 Å². The Morgan fingerprint density at radius 3 is 2.59 bits per heavy atom. The van der Waals surface area contributed by atoms with Crippen LogP contribution in [0.1, 0.15) is 17.2 Å². The van der Waals surface area contributed by atoms with Gasteiger partial charge in [-0.1, -0.05) is 42.5 Å². The maximum Gasteiger partial charge on any atom is 0.284 e. The number of benzene rings is 2. The fourth-order valence-corrected chi connectivity index (χ4v) is 2.56. The van der Waals surface area contributed by atoms with Gasteiger partial charge in [0.1, 0.15) is 11.7 Å². The van der Waals surface area contributed by atoms with Crippen LogP contribution in [0.25, 0.3) is 10.8 Å². The molecule has 0 aliphatic heterocycles. The van der Waals surface area contributed by atoms with Crippen molar-refractivity contribution >= 4 is 10.8 Å². The maximum atomic E-state index is 11.0. The Morgan fingerprint density at radius 2 is 1.91 bits per heavy atom. The first-order valence-electron chi connectivity index (χ1n) is 6.91. The average molecular weight is 297 g/mol. The molecule has 0 spiro atoms. The minimum atomic E-state index is -0.441. The monoisotopic (exact) mass is 297 g/mol. The van der Waals surface area contributed by atoms with Crippen LogP contribution in [0.15, 0.2) is 59.0 Å². The third kappa shape index (κ3) is 2.79. The summed E-state index contributed by atoms with van der Waals surface area (Å²) in [5.41, 5.74) is 0.854. The van der Waals surface area contributed by atoms with Crippen molar-refractivity contribution in [2.45, 2.75) is 5.92 Å². The summed E-state index contributed by atoms with van der Waals surface area (Å²) in [6, 6.07) is 17.2. The van der Waals surface area contributed by atoms with E-state index in [-0.39, 0.29) is 11.5 Å². The van der Waals surface area contributed by atoms with E-state index in [4.69, 9.17) is 9.15 Å². The van der Waals surface area contributed by atoms with E-state index in [0.717, 1.165) is 16.3 Å². The lowest BCUT2D eigenvalue weighted by Crippen LogP contribution is -2.13. The van der Waals surface area contributed by atoms with Gasteiger partial charge in [0.2, 0.25) is 6.54 Å². The van der Waals surface area contributed by atoms with E-state index in [0.29, 0.717) is 11.7 Å². The van der Waals surface area contributed by atoms with Crippen molar-refractivity contribution in [1.29, 1.82) is 0 Å². The Kier molecular flexibility index (Phi) is 3.78. The highest BCUT2D eigenvalue weighted by Gasteiger charge is 2.24. The molecule has 0 amide bonds. The second-order valence-electron chi connectivity index (χ2n) is 5.04. The lowest BCUT2D eigenvalue weighted by molar-refractivity contribution is -0.482. The topological polar surface area (TPSA) is 65.5 Å². The smallest absolute Gasteiger partial charge is 0.284 e. The van der Waals surface area contributed by atoms with Crippen LogP contribution >= 0.6 is 0 Å². The Bertz CT molecular complexity index is 809. The SMILES string of the molecule is COc1ccc([C@H](C[N+](=O)[O-])c2ccc3ccccc3c2)o1. The molecular weight excluding hydrogens is 282 g/mol. The fraction of sp³-hybridized carbons (Fsp3) is 0.176. The minimum Gasteiger partial charge on any atom is -0.468 e. The summed E-state index contributed by atoms with van der Waals surface area (Å²) >= 11 is 0. The van der Waals surface area contributed by atoms with E-state index in [1.54, 1.807) is 12.1 Å². The van der Waals surface area contributed by atoms with E-state index in [1.807, 2.05) is 42.5 Å². The molecule has 0 aliphatic carbocycles. The molecule has 0 unspecified atom stereocenters. The van der Waals surface area contributed by atoms with Gasteiger partial charge in [-0.25, -0.2) is 0 Å². The second-order valence-corrected chi connectivity index (χ2v) is 5.04. The molecule has 0 bridgehead atoms. The van der Waals surface area contributed by atoms with E-state index >= 15 is 0 Å². The molecule has 1 aromatic heterocycles. The normalized spacial score (nSPS) is 12.2. The first kappa shape index (κ1) is 14.1. The number of ether oxygens (including phenoxy) is 1. The molecular formula is C17H15NO4. The fourth-order valence-electron chi connectivity index (χ4n) is 2.56. The highest BCUT2D eigenvalue weighted by atomic mass is 16.6. The van der Waals surface area contributed by atoms with Gasteiger partial charge in [0, 0.05) is 11.0 Å². The van der Waals surface area contributed by atoms with Crippen LogP contribution in [0.3, 0.4) is 0 Å². The number of hydrogen-bond acceptors (Lipinski definition) is 4. The Labute approximate surface area is 127 Å².